The zero-order chi connectivity index (χ0) is 7.56. The van der Waals surface area contributed by atoms with Gasteiger partial charge in [-0.25, -0.2) is 0 Å². The van der Waals surface area contributed by atoms with Crippen molar-refractivity contribution in [1.82, 2.24) is 5.32 Å². The summed E-state index contributed by atoms with van der Waals surface area (Å²) in [7, 11) is 0. The fourth-order valence-electron chi connectivity index (χ4n) is 1.29. The summed E-state index contributed by atoms with van der Waals surface area (Å²) < 4.78 is 0. The predicted molar refractivity (Wildman–Crippen MR) is 43.8 cm³/mol. The third kappa shape index (κ3) is 2.27. The summed E-state index contributed by atoms with van der Waals surface area (Å²) in [6, 6.07) is 1.09. The van der Waals surface area contributed by atoms with Crippen molar-refractivity contribution in [3.05, 3.63) is 0 Å². The smallest absolute Gasteiger partial charge is 0.0136 e. The molecule has 1 rings (SSSR count). The molecule has 0 aromatic carbocycles. The molecule has 0 radical (unpaired) electrons. The fourth-order valence-corrected chi connectivity index (χ4v) is 1.29. The molecule has 1 saturated carbocycles. The normalized spacial score (nSPS) is 33.9. The van der Waals surface area contributed by atoms with E-state index >= 15 is 0 Å². The molecule has 0 aromatic rings. The number of nitrogens with one attached hydrogen (secondary N) is 1. The van der Waals surface area contributed by atoms with Crippen LogP contribution in [0.3, 0.4) is 0 Å². The Morgan fingerprint density at radius 1 is 1.70 bits per heavy atom. The van der Waals surface area contributed by atoms with Crippen molar-refractivity contribution in [3.8, 4) is 0 Å². The Kier molecular flexibility index (Phi) is 2.69. The van der Waals surface area contributed by atoms with Gasteiger partial charge in [0, 0.05) is 18.6 Å². The maximum absolute atomic E-state index is 5.59. The molecule has 1 fully saturated rings. The second kappa shape index (κ2) is 3.35. The minimum atomic E-state index is 0.304. The molecule has 10 heavy (non-hydrogen) atoms. The van der Waals surface area contributed by atoms with Crippen LogP contribution in [0.25, 0.3) is 0 Å². The van der Waals surface area contributed by atoms with E-state index in [4.69, 9.17) is 5.73 Å². The molecule has 2 nitrogen and oxygen atoms in total. The van der Waals surface area contributed by atoms with E-state index in [0.717, 1.165) is 18.5 Å². The lowest BCUT2D eigenvalue weighted by atomic mass is 10.3. The van der Waals surface area contributed by atoms with Gasteiger partial charge >= 0.3 is 0 Å². The SMILES string of the molecule is CCC1CC1NC[C@@H](C)N. The highest BCUT2D eigenvalue weighted by molar-refractivity contribution is 4.92. The largest absolute Gasteiger partial charge is 0.327 e. The van der Waals surface area contributed by atoms with Gasteiger partial charge in [0.1, 0.15) is 0 Å². The van der Waals surface area contributed by atoms with Crippen molar-refractivity contribution >= 4 is 0 Å². The van der Waals surface area contributed by atoms with Gasteiger partial charge in [0.25, 0.3) is 0 Å². The Morgan fingerprint density at radius 3 is 2.80 bits per heavy atom. The minimum absolute atomic E-state index is 0.304. The van der Waals surface area contributed by atoms with Crippen molar-refractivity contribution in [1.29, 1.82) is 0 Å². The molecule has 3 N–H and O–H groups in total. The van der Waals surface area contributed by atoms with E-state index in [-0.39, 0.29) is 0 Å². The molecule has 0 aromatic heterocycles. The van der Waals surface area contributed by atoms with Crippen molar-refractivity contribution in [2.45, 2.75) is 38.8 Å². The zero-order valence-electron chi connectivity index (χ0n) is 6.93. The lowest BCUT2D eigenvalue weighted by Crippen LogP contribution is -2.32. The topological polar surface area (TPSA) is 38.0 Å². The van der Waals surface area contributed by atoms with Gasteiger partial charge in [-0.1, -0.05) is 13.3 Å². The van der Waals surface area contributed by atoms with Gasteiger partial charge in [0.05, 0.1) is 0 Å². The molecular formula is C8H18N2. The van der Waals surface area contributed by atoms with Crippen LogP contribution in [0.15, 0.2) is 0 Å². The standard InChI is InChI=1S/C8H18N2/c1-3-7-4-8(7)10-5-6(2)9/h6-8,10H,3-5,9H2,1-2H3/t6-,7?,8?/m1/s1. The lowest BCUT2D eigenvalue weighted by molar-refractivity contribution is 0.574. The summed E-state index contributed by atoms with van der Waals surface area (Å²) in [5.41, 5.74) is 5.59. The molecule has 3 atom stereocenters. The first-order valence-electron chi connectivity index (χ1n) is 4.23. The first kappa shape index (κ1) is 8.02. The molecule has 0 aliphatic heterocycles. The fraction of sp³-hybridized carbons (Fsp3) is 1.00. The van der Waals surface area contributed by atoms with Crippen molar-refractivity contribution < 1.29 is 0 Å². The van der Waals surface area contributed by atoms with Crippen molar-refractivity contribution in [2.75, 3.05) is 6.54 Å². The average Bonchev–Trinajstić information content (AvgIpc) is 2.61. The zero-order valence-corrected chi connectivity index (χ0v) is 6.93. The van der Waals surface area contributed by atoms with Crippen LogP contribution in [0.1, 0.15) is 26.7 Å². The van der Waals surface area contributed by atoms with E-state index < -0.39 is 0 Å². The molecule has 0 bridgehead atoms. The van der Waals surface area contributed by atoms with E-state index in [1.54, 1.807) is 0 Å². The Bertz CT molecular complexity index is 101. The molecular weight excluding hydrogens is 124 g/mol. The van der Waals surface area contributed by atoms with Gasteiger partial charge in [-0.2, -0.15) is 0 Å². The summed E-state index contributed by atoms with van der Waals surface area (Å²) >= 11 is 0. The second-order valence-corrected chi connectivity index (χ2v) is 3.40. The summed E-state index contributed by atoms with van der Waals surface area (Å²) in [5.74, 6) is 0.943. The quantitative estimate of drug-likeness (QED) is 0.607. The number of hydrogen-bond donors (Lipinski definition) is 2. The number of rotatable bonds is 4. The molecule has 0 heterocycles. The summed E-state index contributed by atoms with van der Waals surface area (Å²) in [6.45, 7) is 5.26. The number of nitrogens with two attached hydrogens (primary N) is 1. The summed E-state index contributed by atoms with van der Waals surface area (Å²) in [6.07, 6.45) is 2.68. The van der Waals surface area contributed by atoms with Gasteiger partial charge < -0.3 is 11.1 Å². The van der Waals surface area contributed by atoms with Gasteiger partial charge in [-0.05, 0) is 19.3 Å². The molecule has 1 aliphatic carbocycles. The highest BCUT2D eigenvalue weighted by Gasteiger charge is 2.34. The van der Waals surface area contributed by atoms with Crippen LogP contribution in [-0.2, 0) is 0 Å². The Balaban J connectivity index is 1.96. The summed E-state index contributed by atoms with van der Waals surface area (Å²) in [4.78, 5) is 0. The molecule has 0 amide bonds. The molecule has 60 valence electrons. The maximum Gasteiger partial charge on any atom is 0.0136 e. The number of hydrogen-bond acceptors (Lipinski definition) is 2. The third-order valence-corrected chi connectivity index (χ3v) is 2.15. The molecule has 1 aliphatic rings. The van der Waals surface area contributed by atoms with Crippen LogP contribution in [0.4, 0.5) is 0 Å². The molecule has 0 spiro atoms. The van der Waals surface area contributed by atoms with Crippen LogP contribution in [0.2, 0.25) is 0 Å². The van der Waals surface area contributed by atoms with E-state index in [1.807, 2.05) is 6.92 Å². The first-order valence-corrected chi connectivity index (χ1v) is 4.23. The van der Waals surface area contributed by atoms with Crippen LogP contribution in [0, 0.1) is 5.92 Å². The second-order valence-electron chi connectivity index (χ2n) is 3.40. The summed E-state index contributed by atoms with van der Waals surface area (Å²) in [5, 5.41) is 3.43. The first-order chi connectivity index (χ1) is 4.74. The van der Waals surface area contributed by atoms with Crippen LogP contribution < -0.4 is 11.1 Å². The van der Waals surface area contributed by atoms with Crippen LogP contribution >= 0.6 is 0 Å². The Labute approximate surface area is 63.2 Å². The maximum atomic E-state index is 5.59. The van der Waals surface area contributed by atoms with Gasteiger partial charge in [0.2, 0.25) is 0 Å². The van der Waals surface area contributed by atoms with Crippen LogP contribution in [-0.4, -0.2) is 18.6 Å². The molecule has 2 unspecified atom stereocenters. The highest BCUT2D eigenvalue weighted by atomic mass is 15.0. The minimum Gasteiger partial charge on any atom is -0.327 e. The Hall–Kier alpha value is -0.0800. The van der Waals surface area contributed by atoms with Gasteiger partial charge in [-0.3, -0.25) is 0 Å². The van der Waals surface area contributed by atoms with Gasteiger partial charge in [-0.15, -0.1) is 0 Å². The lowest BCUT2D eigenvalue weighted by Gasteiger charge is -2.05. The monoisotopic (exact) mass is 142 g/mol. The predicted octanol–water partition coefficient (Wildman–Crippen LogP) is 0.722. The molecule has 0 saturated heterocycles. The average molecular weight is 142 g/mol. The van der Waals surface area contributed by atoms with Crippen molar-refractivity contribution in [2.24, 2.45) is 11.7 Å². The molecule has 2 heteroatoms. The third-order valence-electron chi connectivity index (χ3n) is 2.15. The van der Waals surface area contributed by atoms with Crippen molar-refractivity contribution in [3.63, 3.8) is 0 Å². The van der Waals surface area contributed by atoms with Gasteiger partial charge in [0.15, 0.2) is 0 Å². The van der Waals surface area contributed by atoms with E-state index in [0.29, 0.717) is 6.04 Å². The van der Waals surface area contributed by atoms with E-state index in [9.17, 15) is 0 Å². The van der Waals surface area contributed by atoms with E-state index in [1.165, 1.54) is 12.8 Å². The van der Waals surface area contributed by atoms with E-state index in [2.05, 4.69) is 12.2 Å². The highest BCUT2D eigenvalue weighted by Crippen LogP contribution is 2.32. The van der Waals surface area contributed by atoms with Crippen LogP contribution in [0.5, 0.6) is 0 Å². The Morgan fingerprint density at radius 2 is 2.40 bits per heavy atom.